The van der Waals surface area contributed by atoms with Crippen molar-refractivity contribution in [1.29, 1.82) is 0 Å². The Bertz CT molecular complexity index is 524. The molecular weight excluding hydrogens is 244 g/mol. The molecule has 0 amide bonds. The zero-order valence-corrected chi connectivity index (χ0v) is 11.6. The van der Waals surface area contributed by atoms with Crippen LogP contribution in [0.15, 0.2) is 6.33 Å². The Hall–Kier alpha value is -1.89. The average Bonchev–Trinajstić information content (AvgIpc) is 2.84. The van der Waals surface area contributed by atoms with E-state index >= 15 is 0 Å². The van der Waals surface area contributed by atoms with Gasteiger partial charge in [-0.1, -0.05) is 6.92 Å². The lowest BCUT2D eigenvalue weighted by Gasteiger charge is -2.11. The Balaban J connectivity index is 2.16. The van der Waals surface area contributed by atoms with Crippen LogP contribution < -0.4 is 10.1 Å². The number of aromatic amines is 1. The van der Waals surface area contributed by atoms with Crippen molar-refractivity contribution < 1.29 is 4.74 Å². The van der Waals surface area contributed by atoms with Gasteiger partial charge in [0, 0.05) is 13.1 Å². The van der Waals surface area contributed by atoms with Gasteiger partial charge in [-0.05, 0) is 20.5 Å². The summed E-state index contributed by atoms with van der Waals surface area (Å²) in [4.78, 5) is 17.9. The first-order valence-corrected chi connectivity index (χ1v) is 6.43. The van der Waals surface area contributed by atoms with Gasteiger partial charge < -0.3 is 19.9 Å². The molecule has 0 aliphatic heterocycles. The fraction of sp³-hybridized carbons (Fsp3) is 0.583. The summed E-state index contributed by atoms with van der Waals surface area (Å²) >= 11 is 0. The van der Waals surface area contributed by atoms with Crippen molar-refractivity contribution >= 4 is 17.1 Å². The largest absolute Gasteiger partial charge is 0.475 e. The van der Waals surface area contributed by atoms with E-state index in [2.05, 4.69) is 37.1 Å². The molecule has 19 heavy (non-hydrogen) atoms. The third kappa shape index (κ3) is 3.54. The zero-order valence-electron chi connectivity index (χ0n) is 11.6. The lowest BCUT2D eigenvalue weighted by molar-refractivity contribution is 0.256. The molecule has 0 unspecified atom stereocenters. The molecule has 7 nitrogen and oxygen atoms in total. The maximum absolute atomic E-state index is 5.71. The van der Waals surface area contributed by atoms with E-state index in [0.717, 1.165) is 25.0 Å². The Kier molecular flexibility index (Phi) is 4.51. The van der Waals surface area contributed by atoms with E-state index in [1.165, 1.54) is 0 Å². The van der Waals surface area contributed by atoms with E-state index in [9.17, 15) is 0 Å². The summed E-state index contributed by atoms with van der Waals surface area (Å²) in [7, 11) is 4.01. The zero-order chi connectivity index (χ0) is 13.7. The van der Waals surface area contributed by atoms with Gasteiger partial charge >= 0.3 is 0 Å². The molecule has 0 radical (unpaired) electrons. The summed E-state index contributed by atoms with van der Waals surface area (Å²) < 4.78 is 5.71. The predicted molar refractivity (Wildman–Crippen MR) is 74.5 cm³/mol. The Morgan fingerprint density at radius 2 is 2.21 bits per heavy atom. The number of H-pyrrole nitrogens is 1. The fourth-order valence-electron chi connectivity index (χ4n) is 1.55. The topological polar surface area (TPSA) is 79.0 Å². The molecule has 0 aromatic carbocycles. The molecule has 0 aliphatic carbocycles. The van der Waals surface area contributed by atoms with Crippen LogP contribution in [-0.4, -0.2) is 58.6 Å². The van der Waals surface area contributed by atoms with Crippen molar-refractivity contribution in [2.75, 3.05) is 39.1 Å². The molecule has 7 heteroatoms. The van der Waals surface area contributed by atoms with E-state index in [1.54, 1.807) is 6.33 Å². The molecule has 0 bridgehead atoms. The number of nitrogens with one attached hydrogen (secondary N) is 2. The highest BCUT2D eigenvalue weighted by Crippen LogP contribution is 2.20. The van der Waals surface area contributed by atoms with Crippen molar-refractivity contribution in [3.8, 4) is 5.88 Å². The quantitative estimate of drug-likeness (QED) is 0.780. The minimum atomic E-state index is 0.544. The van der Waals surface area contributed by atoms with Crippen molar-refractivity contribution in [2.45, 2.75) is 13.3 Å². The lowest BCUT2D eigenvalue weighted by atomic mass is 10.5. The van der Waals surface area contributed by atoms with Crippen molar-refractivity contribution in [3.63, 3.8) is 0 Å². The molecule has 0 fully saturated rings. The van der Waals surface area contributed by atoms with E-state index < -0.39 is 0 Å². The van der Waals surface area contributed by atoms with Gasteiger partial charge in [-0.3, -0.25) is 0 Å². The smallest absolute Gasteiger partial charge is 0.245 e. The van der Waals surface area contributed by atoms with Crippen LogP contribution in [0, 0.1) is 0 Å². The van der Waals surface area contributed by atoms with Gasteiger partial charge in [-0.15, -0.1) is 0 Å². The summed E-state index contributed by atoms with van der Waals surface area (Å²) in [6.45, 7) is 4.32. The highest BCUT2D eigenvalue weighted by molar-refractivity contribution is 5.76. The Labute approximate surface area is 112 Å². The first-order chi connectivity index (χ1) is 9.20. The average molecular weight is 264 g/mol. The predicted octanol–water partition coefficient (Wildman–Crippen LogP) is 1.12. The lowest BCUT2D eigenvalue weighted by Crippen LogP contribution is -2.20. The third-order valence-electron chi connectivity index (χ3n) is 2.56. The van der Waals surface area contributed by atoms with E-state index in [4.69, 9.17) is 4.74 Å². The summed E-state index contributed by atoms with van der Waals surface area (Å²) in [5.41, 5.74) is 1.36. The molecular formula is C12H20N6O. The summed E-state index contributed by atoms with van der Waals surface area (Å²) in [6, 6.07) is 0. The number of aromatic nitrogens is 4. The number of anilines is 1. The van der Waals surface area contributed by atoms with Crippen molar-refractivity contribution in [2.24, 2.45) is 0 Å². The second kappa shape index (κ2) is 6.33. The Morgan fingerprint density at radius 3 is 2.95 bits per heavy atom. The summed E-state index contributed by atoms with van der Waals surface area (Å²) in [5, 5.41) is 3.15. The van der Waals surface area contributed by atoms with Crippen LogP contribution in [0.4, 0.5) is 5.95 Å². The van der Waals surface area contributed by atoms with Gasteiger partial charge in [0.1, 0.15) is 12.1 Å². The first kappa shape index (κ1) is 13.5. The minimum Gasteiger partial charge on any atom is -0.475 e. The van der Waals surface area contributed by atoms with Gasteiger partial charge in [0.15, 0.2) is 5.65 Å². The Morgan fingerprint density at radius 1 is 1.37 bits per heavy atom. The molecule has 2 rings (SSSR count). The maximum Gasteiger partial charge on any atom is 0.245 e. The molecule has 2 heterocycles. The number of ether oxygens (including phenoxy) is 1. The number of hydrogen-bond acceptors (Lipinski definition) is 6. The fourth-order valence-corrected chi connectivity index (χ4v) is 1.55. The standard InChI is InChI=1S/C12H20N6O/c1-4-5-13-12-16-10-9(14-8-15-10)11(17-12)19-7-6-18(2)3/h8H,4-7H2,1-3H3,(H2,13,14,15,16,17). The highest BCUT2D eigenvalue weighted by Gasteiger charge is 2.10. The van der Waals surface area contributed by atoms with Crippen LogP contribution in [-0.2, 0) is 0 Å². The van der Waals surface area contributed by atoms with Crippen LogP contribution >= 0.6 is 0 Å². The van der Waals surface area contributed by atoms with E-state index in [0.29, 0.717) is 24.1 Å². The number of rotatable bonds is 7. The molecule has 104 valence electrons. The van der Waals surface area contributed by atoms with Crippen LogP contribution in [0.5, 0.6) is 5.88 Å². The normalized spacial score (nSPS) is 11.2. The molecule has 2 aromatic heterocycles. The molecule has 0 aliphatic rings. The third-order valence-corrected chi connectivity index (χ3v) is 2.56. The van der Waals surface area contributed by atoms with Crippen LogP contribution in [0.1, 0.15) is 13.3 Å². The molecule has 2 N–H and O–H groups in total. The number of likely N-dealkylation sites (N-methyl/N-ethyl adjacent to an activating group) is 1. The first-order valence-electron chi connectivity index (χ1n) is 6.43. The SMILES string of the molecule is CCCNc1nc(OCCN(C)C)c2[nH]cnc2n1. The van der Waals surface area contributed by atoms with Gasteiger partial charge in [0.2, 0.25) is 11.8 Å². The number of hydrogen-bond donors (Lipinski definition) is 2. The highest BCUT2D eigenvalue weighted by atomic mass is 16.5. The van der Waals surface area contributed by atoms with E-state index in [1.807, 2.05) is 14.1 Å². The number of nitrogens with zero attached hydrogens (tertiary/aromatic N) is 4. The van der Waals surface area contributed by atoms with Crippen LogP contribution in [0.2, 0.25) is 0 Å². The maximum atomic E-state index is 5.71. The summed E-state index contributed by atoms with van der Waals surface area (Å²) in [5.74, 6) is 1.10. The molecule has 0 spiro atoms. The van der Waals surface area contributed by atoms with Crippen LogP contribution in [0.3, 0.4) is 0 Å². The monoisotopic (exact) mass is 264 g/mol. The van der Waals surface area contributed by atoms with Crippen molar-refractivity contribution in [3.05, 3.63) is 6.33 Å². The van der Waals surface area contributed by atoms with Gasteiger partial charge in [-0.25, -0.2) is 4.98 Å². The van der Waals surface area contributed by atoms with Crippen molar-refractivity contribution in [1.82, 2.24) is 24.8 Å². The molecule has 0 saturated carbocycles. The number of imidazole rings is 1. The van der Waals surface area contributed by atoms with Crippen LogP contribution in [0.25, 0.3) is 11.2 Å². The minimum absolute atomic E-state index is 0.544. The number of fused-ring (bicyclic) bond motifs is 1. The summed E-state index contributed by atoms with van der Waals surface area (Å²) in [6.07, 6.45) is 2.61. The second-order valence-electron chi connectivity index (χ2n) is 4.53. The molecule has 0 saturated heterocycles. The van der Waals surface area contributed by atoms with Gasteiger partial charge in [0.25, 0.3) is 0 Å². The van der Waals surface area contributed by atoms with Gasteiger partial charge in [0.05, 0.1) is 6.33 Å². The van der Waals surface area contributed by atoms with Gasteiger partial charge in [-0.2, -0.15) is 9.97 Å². The second-order valence-corrected chi connectivity index (χ2v) is 4.53. The molecule has 0 atom stereocenters. The van der Waals surface area contributed by atoms with E-state index in [-0.39, 0.29) is 0 Å². The molecule has 2 aromatic rings.